The number of rotatable bonds is 16. The lowest BCUT2D eigenvalue weighted by Crippen LogP contribution is -2.41. The van der Waals surface area contributed by atoms with Gasteiger partial charge in [-0.2, -0.15) is 0 Å². The summed E-state index contributed by atoms with van der Waals surface area (Å²) >= 11 is 0. The van der Waals surface area contributed by atoms with Crippen molar-refractivity contribution in [2.75, 3.05) is 13.2 Å². The van der Waals surface area contributed by atoms with Gasteiger partial charge in [-0.15, -0.1) is 0 Å². The highest BCUT2D eigenvalue weighted by atomic mass is 28.3. The van der Waals surface area contributed by atoms with E-state index < -0.39 is 9.53 Å². The molecule has 0 fully saturated rings. The summed E-state index contributed by atoms with van der Waals surface area (Å²) in [5.41, 5.74) is 6.22. The molecule has 1 radical (unpaired) electrons. The maximum absolute atomic E-state index is 6.22. The molecule has 0 saturated carbocycles. The van der Waals surface area contributed by atoms with E-state index in [4.69, 9.17) is 19.0 Å². The molecule has 4 nitrogen and oxygen atoms in total. The number of hydrogen-bond acceptors (Lipinski definition) is 4. The SMILES string of the molecule is CCCCCCCCCCC(N)C(C)O[Si](OCC)OCC. The summed E-state index contributed by atoms with van der Waals surface area (Å²) in [7, 11) is -1.62. The second kappa shape index (κ2) is 15.9. The van der Waals surface area contributed by atoms with Crippen molar-refractivity contribution in [1.82, 2.24) is 0 Å². The minimum Gasteiger partial charge on any atom is -0.371 e. The summed E-state index contributed by atoms with van der Waals surface area (Å²) in [5, 5.41) is 0. The van der Waals surface area contributed by atoms with Crippen molar-refractivity contribution >= 4 is 9.53 Å². The zero-order chi connectivity index (χ0) is 16.6. The smallest absolute Gasteiger partial charge is 0.371 e. The standard InChI is InChI=1S/C17H38NO3Si/c1-5-8-9-10-11-12-13-14-15-17(18)16(4)21-22(19-6-2)20-7-3/h16-17H,5-15,18H2,1-4H3. The minimum absolute atomic E-state index is 0.00320. The molecule has 0 aromatic carbocycles. The first-order valence-corrected chi connectivity index (χ1v) is 10.4. The molecule has 0 spiro atoms. The molecule has 0 bridgehead atoms. The van der Waals surface area contributed by atoms with Gasteiger partial charge in [-0.3, -0.25) is 0 Å². The van der Waals surface area contributed by atoms with Crippen molar-refractivity contribution in [1.29, 1.82) is 0 Å². The van der Waals surface area contributed by atoms with Crippen molar-refractivity contribution in [2.24, 2.45) is 5.73 Å². The lowest BCUT2D eigenvalue weighted by molar-refractivity contribution is 0.0581. The Morgan fingerprint density at radius 2 is 1.32 bits per heavy atom. The molecule has 22 heavy (non-hydrogen) atoms. The summed E-state index contributed by atoms with van der Waals surface area (Å²) < 4.78 is 16.8. The van der Waals surface area contributed by atoms with Crippen molar-refractivity contribution in [3.05, 3.63) is 0 Å². The minimum atomic E-state index is -1.62. The van der Waals surface area contributed by atoms with Crippen molar-refractivity contribution in [3.63, 3.8) is 0 Å². The maximum Gasteiger partial charge on any atom is 0.578 e. The van der Waals surface area contributed by atoms with Crippen LogP contribution < -0.4 is 5.73 Å². The van der Waals surface area contributed by atoms with E-state index in [9.17, 15) is 0 Å². The Morgan fingerprint density at radius 1 is 0.818 bits per heavy atom. The molecule has 133 valence electrons. The Bertz CT molecular complexity index is 226. The van der Waals surface area contributed by atoms with Gasteiger partial charge in [0.25, 0.3) is 0 Å². The average molecular weight is 333 g/mol. The van der Waals surface area contributed by atoms with Crippen LogP contribution in [-0.2, 0) is 13.3 Å². The molecular formula is C17H38NO3Si. The Balaban J connectivity index is 3.65. The molecule has 2 N–H and O–H groups in total. The van der Waals surface area contributed by atoms with Crippen LogP contribution in [0.3, 0.4) is 0 Å². The predicted octanol–water partition coefficient (Wildman–Crippen LogP) is 4.31. The van der Waals surface area contributed by atoms with E-state index in [-0.39, 0.29) is 12.1 Å². The van der Waals surface area contributed by atoms with E-state index in [1.807, 2.05) is 20.8 Å². The van der Waals surface area contributed by atoms with Crippen LogP contribution >= 0.6 is 0 Å². The third kappa shape index (κ3) is 12.6. The number of nitrogens with two attached hydrogens (primary N) is 1. The summed E-state index contributed by atoms with van der Waals surface area (Å²) in [5.74, 6) is 0. The quantitative estimate of drug-likeness (QED) is 0.338. The molecule has 0 aromatic rings. The highest BCUT2D eigenvalue weighted by molar-refractivity contribution is 6.36. The first-order valence-electron chi connectivity index (χ1n) is 9.20. The molecule has 0 saturated heterocycles. The van der Waals surface area contributed by atoms with E-state index in [1.54, 1.807) is 0 Å². The molecule has 0 aliphatic rings. The monoisotopic (exact) mass is 332 g/mol. The fourth-order valence-corrected chi connectivity index (χ4v) is 3.50. The summed E-state index contributed by atoms with van der Waals surface area (Å²) in [6, 6.07) is 0.0704. The van der Waals surface area contributed by atoms with Gasteiger partial charge < -0.3 is 19.0 Å². The van der Waals surface area contributed by atoms with E-state index >= 15 is 0 Å². The van der Waals surface area contributed by atoms with Crippen LogP contribution in [0.1, 0.15) is 85.5 Å². The molecule has 0 heterocycles. The Kier molecular flexibility index (Phi) is 16.0. The second-order valence-electron chi connectivity index (χ2n) is 5.87. The zero-order valence-corrected chi connectivity index (χ0v) is 16.2. The molecule has 2 atom stereocenters. The first kappa shape index (κ1) is 22.1. The van der Waals surface area contributed by atoms with Crippen LogP contribution in [0.2, 0.25) is 0 Å². The summed E-state index contributed by atoms with van der Waals surface area (Å²) in [4.78, 5) is 0. The van der Waals surface area contributed by atoms with Gasteiger partial charge in [-0.05, 0) is 27.2 Å². The average Bonchev–Trinajstić information content (AvgIpc) is 2.50. The first-order chi connectivity index (χ1) is 10.7. The van der Waals surface area contributed by atoms with Gasteiger partial charge in [0.05, 0.1) is 6.10 Å². The third-order valence-electron chi connectivity index (χ3n) is 3.80. The van der Waals surface area contributed by atoms with Gasteiger partial charge in [0.15, 0.2) is 0 Å². The van der Waals surface area contributed by atoms with Crippen LogP contribution in [0.4, 0.5) is 0 Å². The summed E-state index contributed by atoms with van der Waals surface area (Å²) in [6.45, 7) is 9.44. The Labute approximate surface area is 140 Å². The third-order valence-corrected chi connectivity index (χ3v) is 5.41. The number of unbranched alkanes of at least 4 members (excludes halogenated alkanes) is 7. The molecule has 5 heteroatoms. The lowest BCUT2D eigenvalue weighted by atomic mass is 10.0. The van der Waals surface area contributed by atoms with Crippen LogP contribution in [0.5, 0.6) is 0 Å². The van der Waals surface area contributed by atoms with Crippen molar-refractivity contribution < 1.29 is 13.3 Å². The topological polar surface area (TPSA) is 53.7 Å². The van der Waals surface area contributed by atoms with E-state index in [0.717, 1.165) is 6.42 Å². The summed E-state index contributed by atoms with van der Waals surface area (Å²) in [6.07, 6.45) is 11.6. The lowest BCUT2D eigenvalue weighted by Gasteiger charge is -2.23. The van der Waals surface area contributed by atoms with Crippen LogP contribution in [0.25, 0.3) is 0 Å². The largest absolute Gasteiger partial charge is 0.578 e. The fraction of sp³-hybridized carbons (Fsp3) is 1.00. The zero-order valence-electron chi connectivity index (χ0n) is 15.2. The fourth-order valence-electron chi connectivity index (χ4n) is 2.33. The molecule has 0 rings (SSSR count). The Morgan fingerprint density at radius 3 is 1.82 bits per heavy atom. The maximum atomic E-state index is 6.22. The molecular weight excluding hydrogens is 294 g/mol. The van der Waals surface area contributed by atoms with Gasteiger partial charge in [0.2, 0.25) is 0 Å². The van der Waals surface area contributed by atoms with Crippen molar-refractivity contribution in [3.8, 4) is 0 Å². The number of hydrogen-bond donors (Lipinski definition) is 1. The second-order valence-corrected chi connectivity index (χ2v) is 7.18. The van der Waals surface area contributed by atoms with E-state index in [1.165, 1.54) is 51.4 Å². The van der Waals surface area contributed by atoms with Crippen molar-refractivity contribution in [2.45, 2.75) is 97.6 Å². The molecule has 0 amide bonds. The molecule has 0 aliphatic carbocycles. The van der Waals surface area contributed by atoms with Gasteiger partial charge in [0.1, 0.15) is 0 Å². The van der Waals surface area contributed by atoms with E-state index in [2.05, 4.69) is 6.92 Å². The van der Waals surface area contributed by atoms with E-state index in [0.29, 0.717) is 13.2 Å². The van der Waals surface area contributed by atoms with Gasteiger partial charge >= 0.3 is 9.53 Å². The molecule has 0 aliphatic heterocycles. The van der Waals surface area contributed by atoms with Gasteiger partial charge in [-0.1, -0.05) is 58.3 Å². The molecule has 2 unspecified atom stereocenters. The Hall–Kier alpha value is 0.0569. The normalized spacial score (nSPS) is 14.5. The molecule has 0 aromatic heterocycles. The van der Waals surface area contributed by atoms with Gasteiger partial charge in [-0.25, -0.2) is 0 Å². The predicted molar refractivity (Wildman–Crippen MR) is 94.8 cm³/mol. The van der Waals surface area contributed by atoms with Crippen LogP contribution in [0, 0.1) is 0 Å². The van der Waals surface area contributed by atoms with Crippen LogP contribution in [-0.4, -0.2) is 34.9 Å². The highest BCUT2D eigenvalue weighted by Gasteiger charge is 2.24. The highest BCUT2D eigenvalue weighted by Crippen LogP contribution is 2.12. The van der Waals surface area contributed by atoms with Crippen LogP contribution in [0.15, 0.2) is 0 Å². The van der Waals surface area contributed by atoms with Gasteiger partial charge in [0, 0.05) is 19.3 Å².